The predicted molar refractivity (Wildman–Crippen MR) is 75.4 cm³/mol. The van der Waals surface area contributed by atoms with Crippen molar-refractivity contribution in [2.75, 3.05) is 17.7 Å². The summed E-state index contributed by atoms with van der Waals surface area (Å²) in [6, 6.07) is 11.1. The van der Waals surface area contributed by atoms with Crippen molar-refractivity contribution >= 4 is 28.9 Å². The molecule has 0 aliphatic carbocycles. The number of anilines is 2. The van der Waals surface area contributed by atoms with Crippen LogP contribution >= 0.6 is 11.6 Å². The highest BCUT2D eigenvalue weighted by atomic mass is 35.5. The molecule has 0 aromatic heterocycles. The van der Waals surface area contributed by atoms with Gasteiger partial charge in [0.1, 0.15) is 5.82 Å². The van der Waals surface area contributed by atoms with Crippen LogP contribution in [-0.2, 0) is 0 Å². The molecule has 1 amide bonds. The van der Waals surface area contributed by atoms with E-state index in [2.05, 4.69) is 10.6 Å². The lowest BCUT2D eigenvalue weighted by molar-refractivity contribution is 0.102. The van der Waals surface area contributed by atoms with Crippen molar-refractivity contribution in [3.63, 3.8) is 0 Å². The second-order valence-electron chi connectivity index (χ2n) is 3.88. The maximum Gasteiger partial charge on any atom is 0.257 e. The summed E-state index contributed by atoms with van der Waals surface area (Å²) < 4.78 is 13.6. The summed E-state index contributed by atoms with van der Waals surface area (Å²) in [5.74, 6) is -0.868. The fourth-order valence-electron chi connectivity index (χ4n) is 1.73. The summed E-state index contributed by atoms with van der Waals surface area (Å²) in [6.45, 7) is 0. The molecule has 0 unspecified atom stereocenters. The Labute approximate surface area is 115 Å². The van der Waals surface area contributed by atoms with E-state index in [1.54, 1.807) is 37.4 Å². The van der Waals surface area contributed by atoms with E-state index >= 15 is 0 Å². The van der Waals surface area contributed by atoms with Crippen molar-refractivity contribution < 1.29 is 9.18 Å². The fourth-order valence-corrected chi connectivity index (χ4v) is 1.92. The van der Waals surface area contributed by atoms with Gasteiger partial charge in [0.25, 0.3) is 5.91 Å². The normalized spacial score (nSPS) is 10.1. The minimum absolute atomic E-state index is 0.169. The zero-order chi connectivity index (χ0) is 13.8. The van der Waals surface area contributed by atoms with Crippen LogP contribution in [0.4, 0.5) is 15.8 Å². The Bertz CT molecular complexity index is 616. The Morgan fingerprint density at radius 3 is 2.63 bits per heavy atom. The largest absolute Gasteiger partial charge is 0.385 e. The first-order chi connectivity index (χ1) is 9.11. The Morgan fingerprint density at radius 1 is 1.21 bits per heavy atom. The molecule has 0 spiro atoms. The fraction of sp³-hybridized carbons (Fsp3) is 0.0714. The molecule has 98 valence electrons. The molecule has 0 aliphatic rings. The van der Waals surface area contributed by atoms with Crippen molar-refractivity contribution in [2.24, 2.45) is 0 Å². The quantitative estimate of drug-likeness (QED) is 0.897. The summed E-state index contributed by atoms with van der Waals surface area (Å²) in [6.07, 6.45) is 0. The zero-order valence-electron chi connectivity index (χ0n) is 10.2. The Hall–Kier alpha value is -2.07. The number of carbonyl (C=O) groups excluding carboxylic acids is 1. The summed E-state index contributed by atoms with van der Waals surface area (Å²) in [5.41, 5.74) is 0.966. The molecule has 19 heavy (non-hydrogen) atoms. The highest BCUT2D eigenvalue weighted by molar-refractivity contribution is 6.31. The third-order valence-corrected chi connectivity index (χ3v) is 2.83. The van der Waals surface area contributed by atoms with Crippen molar-refractivity contribution in [3.05, 3.63) is 58.9 Å². The van der Waals surface area contributed by atoms with E-state index in [1.807, 2.05) is 0 Å². The Kier molecular flexibility index (Phi) is 4.02. The van der Waals surface area contributed by atoms with Crippen LogP contribution in [0.5, 0.6) is 0 Å². The van der Waals surface area contributed by atoms with Crippen molar-refractivity contribution in [1.29, 1.82) is 0 Å². The molecule has 5 heteroatoms. The molecule has 0 saturated heterocycles. The smallest absolute Gasteiger partial charge is 0.257 e. The van der Waals surface area contributed by atoms with Gasteiger partial charge in [0.15, 0.2) is 0 Å². The molecule has 2 rings (SSSR count). The molecule has 0 saturated carbocycles. The number of hydrogen-bond donors (Lipinski definition) is 2. The molecule has 2 N–H and O–H groups in total. The molecular weight excluding hydrogens is 267 g/mol. The maximum absolute atomic E-state index is 13.6. The van der Waals surface area contributed by atoms with Crippen LogP contribution in [0.1, 0.15) is 10.4 Å². The lowest BCUT2D eigenvalue weighted by Crippen LogP contribution is -2.14. The number of benzene rings is 2. The molecule has 2 aromatic carbocycles. The van der Waals surface area contributed by atoms with E-state index < -0.39 is 11.7 Å². The number of halogens is 2. The molecule has 3 nitrogen and oxygen atoms in total. The van der Waals surface area contributed by atoms with E-state index in [1.165, 1.54) is 12.1 Å². The van der Waals surface area contributed by atoms with Gasteiger partial charge >= 0.3 is 0 Å². The van der Waals surface area contributed by atoms with Gasteiger partial charge in [-0.05, 0) is 30.3 Å². The first-order valence-electron chi connectivity index (χ1n) is 5.65. The number of hydrogen-bond acceptors (Lipinski definition) is 2. The van der Waals surface area contributed by atoms with Crippen LogP contribution in [0.15, 0.2) is 42.5 Å². The average Bonchev–Trinajstić information content (AvgIpc) is 2.38. The van der Waals surface area contributed by atoms with Gasteiger partial charge in [-0.1, -0.05) is 23.7 Å². The lowest BCUT2D eigenvalue weighted by atomic mass is 10.1. The average molecular weight is 279 g/mol. The van der Waals surface area contributed by atoms with Gasteiger partial charge in [0.2, 0.25) is 0 Å². The number of nitrogens with one attached hydrogen (secondary N) is 2. The summed E-state index contributed by atoms with van der Waals surface area (Å²) >= 11 is 5.83. The molecule has 0 aliphatic heterocycles. The first kappa shape index (κ1) is 13.4. The molecule has 2 aromatic rings. The number of carbonyl (C=O) groups is 1. The van der Waals surface area contributed by atoms with Crippen molar-refractivity contribution in [1.82, 2.24) is 0 Å². The van der Waals surface area contributed by atoms with Crippen LogP contribution in [-0.4, -0.2) is 13.0 Å². The Balaban J connectivity index is 2.28. The van der Waals surface area contributed by atoms with Crippen molar-refractivity contribution in [2.45, 2.75) is 0 Å². The number of para-hydroxylation sites is 1. The lowest BCUT2D eigenvalue weighted by Gasteiger charge is -2.10. The van der Waals surface area contributed by atoms with E-state index in [9.17, 15) is 9.18 Å². The third-order valence-electron chi connectivity index (χ3n) is 2.59. The summed E-state index contributed by atoms with van der Waals surface area (Å²) in [4.78, 5) is 12.1. The van der Waals surface area contributed by atoms with E-state index in [-0.39, 0.29) is 11.3 Å². The highest BCUT2D eigenvalue weighted by Crippen LogP contribution is 2.21. The molecule has 0 bridgehead atoms. The number of rotatable bonds is 3. The first-order valence-corrected chi connectivity index (χ1v) is 6.03. The highest BCUT2D eigenvalue weighted by Gasteiger charge is 2.14. The van der Waals surface area contributed by atoms with Crippen LogP contribution in [0.3, 0.4) is 0 Å². The van der Waals surface area contributed by atoms with Gasteiger partial charge in [-0.3, -0.25) is 4.79 Å². The van der Waals surface area contributed by atoms with Gasteiger partial charge in [-0.15, -0.1) is 0 Å². The predicted octanol–water partition coefficient (Wildman–Crippen LogP) is 3.77. The molecule has 0 atom stereocenters. The van der Waals surface area contributed by atoms with Crippen LogP contribution in [0.25, 0.3) is 0 Å². The minimum atomic E-state index is -0.471. The topological polar surface area (TPSA) is 41.1 Å². The van der Waals surface area contributed by atoms with E-state index in [0.717, 1.165) is 0 Å². The minimum Gasteiger partial charge on any atom is -0.385 e. The second-order valence-corrected chi connectivity index (χ2v) is 4.31. The maximum atomic E-state index is 13.6. The van der Waals surface area contributed by atoms with Crippen LogP contribution < -0.4 is 10.6 Å². The SMILES string of the molecule is CNc1c(F)cccc1C(=O)Nc1cccc(Cl)c1. The van der Waals surface area contributed by atoms with E-state index in [0.29, 0.717) is 10.7 Å². The Morgan fingerprint density at radius 2 is 1.95 bits per heavy atom. The van der Waals surface area contributed by atoms with Gasteiger partial charge in [0.05, 0.1) is 11.3 Å². The van der Waals surface area contributed by atoms with Gasteiger partial charge in [-0.2, -0.15) is 0 Å². The zero-order valence-corrected chi connectivity index (χ0v) is 11.0. The standard InChI is InChI=1S/C14H12ClFN2O/c1-17-13-11(6-3-7-12(13)16)14(19)18-10-5-2-4-9(15)8-10/h2-8,17H,1H3,(H,18,19). The van der Waals surface area contributed by atoms with Crippen LogP contribution in [0.2, 0.25) is 5.02 Å². The molecule has 0 heterocycles. The van der Waals surface area contributed by atoms with Gasteiger partial charge in [0, 0.05) is 17.8 Å². The van der Waals surface area contributed by atoms with Gasteiger partial charge in [-0.25, -0.2) is 4.39 Å². The molecule has 0 radical (unpaired) electrons. The van der Waals surface area contributed by atoms with Crippen LogP contribution in [0, 0.1) is 5.82 Å². The molecular formula is C14H12ClFN2O. The third kappa shape index (κ3) is 3.03. The van der Waals surface area contributed by atoms with E-state index in [4.69, 9.17) is 11.6 Å². The summed E-state index contributed by atoms with van der Waals surface area (Å²) in [7, 11) is 1.56. The number of amides is 1. The van der Waals surface area contributed by atoms with Crippen molar-refractivity contribution in [3.8, 4) is 0 Å². The monoisotopic (exact) mass is 278 g/mol. The molecule has 0 fully saturated rings. The summed E-state index contributed by atoms with van der Waals surface area (Å²) in [5, 5.41) is 5.87. The second kappa shape index (κ2) is 5.71. The van der Waals surface area contributed by atoms with Gasteiger partial charge < -0.3 is 10.6 Å².